The molecule has 0 fully saturated rings. The molecular formula is C23H25N3O2. The number of hydrogen-bond donors (Lipinski definition) is 2. The number of aromatic nitrogens is 1. The van der Waals surface area contributed by atoms with E-state index in [2.05, 4.69) is 28.6 Å². The van der Waals surface area contributed by atoms with Gasteiger partial charge in [0.2, 0.25) is 0 Å². The van der Waals surface area contributed by atoms with Crippen molar-refractivity contribution in [2.75, 3.05) is 24.3 Å². The van der Waals surface area contributed by atoms with Crippen molar-refractivity contribution >= 4 is 17.3 Å². The summed E-state index contributed by atoms with van der Waals surface area (Å²) in [5.41, 5.74) is 4.53. The van der Waals surface area contributed by atoms with E-state index in [1.54, 1.807) is 19.5 Å². The highest BCUT2D eigenvalue weighted by Crippen LogP contribution is 2.15. The van der Waals surface area contributed by atoms with Gasteiger partial charge in [-0.2, -0.15) is 0 Å². The monoisotopic (exact) mass is 375 g/mol. The fourth-order valence-electron chi connectivity index (χ4n) is 2.87. The maximum absolute atomic E-state index is 12.5. The summed E-state index contributed by atoms with van der Waals surface area (Å²) in [4.78, 5) is 16.7. The SMILES string of the molecule is CCc1ccc(NC(=O)c2cncc(NCCc3cccc(OC)c3)c2)cc1. The van der Waals surface area contributed by atoms with Gasteiger partial charge in [0, 0.05) is 24.6 Å². The number of benzene rings is 2. The van der Waals surface area contributed by atoms with Gasteiger partial charge < -0.3 is 15.4 Å². The van der Waals surface area contributed by atoms with Gasteiger partial charge in [-0.05, 0) is 54.3 Å². The van der Waals surface area contributed by atoms with Gasteiger partial charge in [0.15, 0.2) is 0 Å². The molecule has 0 radical (unpaired) electrons. The summed E-state index contributed by atoms with van der Waals surface area (Å²) in [6.45, 7) is 2.84. The van der Waals surface area contributed by atoms with Crippen LogP contribution in [0.25, 0.3) is 0 Å². The van der Waals surface area contributed by atoms with Gasteiger partial charge in [-0.25, -0.2) is 0 Å². The number of hydrogen-bond acceptors (Lipinski definition) is 4. The largest absolute Gasteiger partial charge is 0.497 e. The lowest BCUT2D eigenvalue weighted by atomic mass is 10.1. The fourth-order valence-corrected chi connectivity index (χ4v) is 2.87. The number of anilines is 2. The van der Waals surface area contributed by atoms with E-state index in [-0.39, 0.29) is 5.91 Å². The van der Waals surface area contributed by atoms with Gasteiger partial charge in [0.05, 0.1) is 18.4 Å². The van der Waals surface area contributed by atoms with Crippen LogP contribution in [0.2, 0.25) is 0 Å². The highest BCUT2D eigenvalue weighted by molar-refractivity contribution is 6.04. The van der Waals surface area contributed by atoms with E-state index >= 15 is 0 Å². The van der Waals surface area contributed by atoms with E-state index in [1.807, 2.05) is 48.5 Å². The van der Waals surface area contributed by atoms with Gasteiger partial charge in [-0.3, -0.25) is 9.78 Å². The Morgan fingerprint density at radius 1 is 1.00 bits per heavy atom. The Kier molecular flexibility index (Phi) is 6.63. The lowest BCUT2D eigenvalue weighted by molar-refractivity contribution is 0.102. The van der Waals surface area contributed by atoms with Crippen LogP contribution in [0.5, 0.6) is 5.75 Å². The molecule has 5 heteroatoms. The van der Waals surface area contributed by atoms with E-state index in [1.165, 1.54) is 11.1 Å². The first-order chi connectivity index (χ1) is 13.7. The summed E-state index contributed by atoms with van der Waals surface area (Å²) < 4.78 is 5.25. The highest BCUT2D eigenvalue weighted by atomic mass is 16.5. The number of ether oxygens (including phenoxy) is 1. The molecule has 1 amide bonds. The topological polar surface area (TPSA) is 63.2 Å². The molecule has 0 bridgehead atoms. The van der Waals surface area contributed by atoms with Crippen molar-refractivity contribution < 1.29 is 9.53 Å². The molecule has 2 aromatic carbocycles. The maximum atomic E-state index is 12.5. The molecule has 144 valence electrons. The standard InChI is InChI=1S/C23H25N3O2/c1-3-17-7-9-20(10-8-17)26-23(27)19-14-21(16-24-15-19)25-12-11-18-5-4-6-22(13-18)28-2/h4-10,13-16,25H,3,11-12H2,1-2H3,(H,26,27). The first-order valence-electron chi connectivity index (χ1n) is 9.40. The third-order valence-corrected chi connectivity index (χ3v) is 4.50. The van der Waals surface area contributed by atoms with Gasteiger partial charge in [-0.15, -0.1) is 0 Å². The van der Waals surface area contributed by atoms with E-state index in [9.17, 15) is 4.79 Å². The predicted octanol–water partition coefficient (Wildman–Crippen LogP) is 4.56. The minimum Gasteiger partial charge on any atom is -0.497 e. The second-order valence-electron chi connectivity index (χ2n) is 6.50. The lowest BCUT2D eigenvalue weighted by Crippen LogP contribution is -2.13. The van der Waals surface area contributed by atoms with E-state index in [4.69, 9.17) is 4.74 Å². The molecule has 5 nitrogen and oxygen atoms in total. The van der Waals surface area contributed by atoms with Gasteiger partial charge in [0.25, 0.3) is 5.91 Å². The van der Waals surface area contributed by atoms with Crippen LogP contribution < -0.4 is 15.4 Å². The lowest BCUT2D eigenvalue weighted by Gasteiger charge is -2.09. The number of amides is 1. The average Bonchev–Trinajstić information content (AvgIpc) is 2.74. The maximum Gasteiger partial charge on any atom is 0.257 e. The van der Waals surface area contributed by atoms with Crippen LogP contribution in [0, 0.1) is 0 Å². The molecule has 28 heavy (non-hydrogen) atoms. The van der Waals surface area contributed by atoms with Gasteiger partial charge >= 0.3 is 0 Å². The van der Waals surface area contributed by atoms with Crippen molar-refractivity contribution in [3.05, 3.63) is 83.7 Å². The first kappa shape index (κ1) is 19.4. The molecule has 3 rings (SSSR count). The Morgan fingerprint density at radius 3 is 2.57 bits per heavy atom. The summed E-state index contributed by atoms with van der Waals surface area (Å²) in [5.74, 6) is 0.679. The van der Waals surface area contributed by atoms with E-state index in [0.29, 0.717) is 5.56 Å². The zero-order chi connectivity index (χ0) is 19.8. The number of rotatable bonds is 8. The zero-order valence-electron chi connectivity index (χ0n) is 16.2. The minimum atomic E-state index is -0.173. The quantitative estimate of drug-likeness (QED) is 0.606. The number of pyridine rings is 1. The van der Waals surface area contributed by atoms with Crippen molar-refractivity contribution in [3.63, 3.8) is 0 Å². The molecule has 0 atom stereocenters. The third-order valence-electron chi connectivity index (χ3n) is 4.50. The Balaban J connectivity index is 1.57. The van der Waals surface area contributed by atoms with Crippen molar-refractivity contribution in [1.29, 1.82) is 0 Å². The molecule has 1 aromatic heterocycles. The molecule has 3 aromatic rings. The average molecular weight is 375 g/mol. The van der Waals surface area contributed by atoms with Crippen molar-refractivity contribution in [2.24, 2.45) is 0 Å². The Labute approximate surface area is 165 Å². The summed E-state index contributed by atoms with van der Waals surface area (Å²) in [7, 11) is 1.66. The molecular weight excluding hydrogens is 350 g/mol. The number of carbonyl (C=O) groups excluding carboxylic acids is 1. The van der Waals surface area contributed by atoms with Crippen LogP contribution in [-0.2, 0) is 12.8 Å². The van der Waals surface area contributed by atoms with Crippen LogP contribution in [0.4, 0.5) is 11.4 Å². The number of methoxy groups -OCH3 is 1. The van der Waals surface area contributed by atoms with Crippen molar-refractivity contribution in [1.82, 2.24) is 4.98 Å². The van der Waals surface area contributed by atoms with Crippen molar-refractivity contribution in [2.45, 2.75) is 19.8 Å². The molecule has 0 saturated heterocycles. The Bertz CT molecular complexity index is 923. The molecule has 0 aliphatic carbocycles. The molecule has 0 spiro atoms. The van der Waals surface area contributed by atoms with E-state index < -0.39 is 0 Å². The predicted molar refractivity (Wildman–Crippen MR) is 113 cm³/mol. The molecule has 1 heterocycles. The minimum absolute atomic E-state index is 0.173. The molecule has 0 unspecified atom stereocenters. The first-order valence-corrected chi connectivity index (χ1v) is 9.40. The molecule has 0 aliphatic heterocycles. The van der Waals surface area contributed by atoms with Crippen LogP contribution in [0.3, 0.4) is 0 Å². The summed E-state index contributed by atoms with van der Waals surface area (Å²) in [6, 6.07) is 17.7. The number of nitrogens with zero attached hydrogens (tertiary/aromatic N) is 1. The summed E-state index contributed by atoms with van der Waals surface area (Å²) in [6.07, 6.45) is 5.11. The normalized spacial score (nSPS) is 10.4. The zero-order valence-corrected chi connectivity index (χ0v) is 16.2. The second-order valence-corrected chi connectivity index (χ2v) is 6.50. The molecule has 2 N–H and O–H groups in total. The fraction of sp³-hybridized carbons (Fsp3) is 0.217. The molecule has 0 saturated carbocycles. The van der Waals surface area contributed by atoms with Crippen LogP contribution in [0.15, 0.2) is 67.0 Å². The highest BCUT2D eigenvalue weighted by Gasteiger charge is 2.08. The van der Waals surface area contributed by atoms with Gasteiger partial charge in [-0.1, -0.05) is 31.2 Å². The Hall–Kier alpha value is -3.34. The van der Waals surface area contributed by atoms with E-state index in [0.717, 1.165) is 36.5 Å². The summed E-state index contributed by atoms with van der Waals surface area (Å²) >= 11 is 0. The summed E-state index contributed by atoms with van der Waals surface area (Å²) in [5, 5.41) is 6.23. The van der Waals surface area contributed by atoms with Gasteiger partial charge in [0.1, 0.15) is 5.75 Å². The third kappa shape index (κ3) is 5.33. The number of aryl methyl sites for hydroxylation is 1. The van der Waals surface area contributed by atoms with Crippen LogP contribution in [0.1, 0.15) is 28.4 Å². The number of carbonyl (C=O) groups is 1. The van der Waals surface area contributed by atoms with Crippen LogP contribution in [-0.4, -0.2) is 24.5 Å². The molecule has 0 aliphatic rings. The van der Waals surface area contributed by atoms with Crippen LogP contribution >= 0.6 is 0 Å². The van der Waals surface area contributed by atoms with Crippen molar-refractivity contribution in [3.8, 4) is 5.75 Å². The second kappa shape index (κ2) is 9.55. The Morgan fingerprint density at radius 2 is 1.82 bits per heavy atom. The number of nitrogens with one attached hydrogen (secondary N) is 2. The smallest absolute Gasteiger partial charge is 0.257 e.